The zero-order valence-electron chi connectivity index (χ0n) is 6.26. The van der Waals surface area contributed by atoms with Gasteiger partial charge in [-0.2, -0.15) is 5.06 Å². The van der Waals surface area contributed by atoms with Crippen LogP contribution in [0.2, 0.25) is 0 Å². The Labute approximate surface area is 56.8 Å². The molecule has 0 aromatic carbocycles. The maximum absolute atomic E-state index is 5.07. The first kappa shape index (κ1) is 7.03. The molecule has 0 atom stereocenters. The first-order valence-corrected chi connectivity index (χ1v) is 3.62. The van der Waals surface area contributed by atoms with Crippen molar-refractivity contribution in [2.75, 3.05) is 20.2 Å². The Morgan fingerprint density at radius 1 is 1.33 bits per heavy atom. The van der Waals surface area contributed by atoms with Gasteiger partial charge < -0.3 is 4.84 Å². The second-order valence-electron chi connectivity index (χ2n) is 2.79. The van der Waals surface area contributed by atoms with Crippen LogP contribution < -0.4 is 0 Å². The van der Waals surface area contributed by atoms with Crippen LogP contribution in [-0.4, -0.2) is 25.3 Å². The van der Waals surface area contributed by atoms with Crippen molar-refractivity contribution in [3.8, 4) is 0 Å². The Kier molecular flexibility index (Phi) is 2.49. The van der Waals surface area contributed by atoms with E-state index in [2.05, 4.69) is 6.92 Å². The molecule has 54 valence electrons. The maximum atomic E-state index is 5.07. The lowest BCUT2D eigenvalue weighted by molar-refractivity contribution is -0.146. The van der Waals surface area contributed by atoms with Crippen LogP contribution in [0.5, 0.6) is 0 Å². The van der Waals surface area contributed by atoms with Crippen molar-refractivity contribution in [2.45, 2.75) is 19.8 Å². The van der Waals surface area contributed by atoms with Gasteiger partial charge in [0.25, 0.3) is 0 Å². The average Bonchev–Trinajstić information content (AvgIpc) is 1.90. The predicted molar refractivity (Wildman–Crippen MR) is 37.0 cm³/mol. The lowest BCUT2D eigenvalue weighted by Gasteiger charge is -2.27. The molecule has 0 unspecified atom stereocenters. The molecular weight excluding hydrogens is 114 g/mol. The van der Waals surface area contributed by atoms with Crippen molar-refractivity contribution in [3.63, 3.8) is 0 Å². The Morgan fingerprint density at radius 2 is 1.89 bits per heavy atom. The minimum atomic E-state index is 0.899. The topological polar surface area (TPSA) is 12.5 Å². The van der Waals surface area contributed by atoms with Crippen LogP contribution in [0.1, 0.15) is 19.8 Å². The molecule has 9 heavy (non-hydrogen) atoms. The molecule has 2 heteroatoms. The summed E-state index contributed by atoms with van der Waals surface area (Å²) in [4.78, 5) is 5.07. The Morgan fingerprint density at radius 3 is 2.33 bits per heavy atom. The van der Waals surface area contributed by atoms with Crippen molar-refractivity contribution in [1.29, 1.82) is 0 Å². The molecule has 0 bridgehead atoms. The monoisotopic (exact) mass is 129 g/mol. The fourth-order valence-corrected chi connectivity index (χ4v) is 1.17. The Balaban J connectivity index is 2.18. The summed E-state index contributed by atoms with van der Waals surface area (Å²) in [5, 5.41) is 2.03. The first-order chi connectivity index (χ1) is 4.33. The second-order valence-corrected chi connectivity index (χ2v) is 2.79. The summed E-state index contributed by atoms with van der Waals surface area (Å²) in [7, 11) is 1.75. The molecule has 0 aliphatic carbocycles. The molecule has 0 amide bonds. The highest BCUT2D eigenvalue weighted by Crippen LogP contribution is 2.14. The van der Waals surface area contributed by atoms with Crippen molar-refractivity contribution in [3.05, 3.63) is 0 Å². The van der Waals surface area contributed by atoms with E-state index in [1.165, 1.54) is 12.8 Å². The fourth-order valence-electron chi connectivity index (χ4n) is 1.17. The minimum Gasteiger partial charge on any atom is -0.302 e. The standard InChI is InChI=1S/C7H15NO/c1-7-3-5-8(9-2)6-4-7/h7H,3-6H2,1-2H3. The van der Waals surface area contributed by atoms with Gasteiger partial charge in [-0.15, -0.1) is 0 Å². The van der Waals surface area contributed by atoms with E-state index >= 15 is 0 Å². The van der Waals surface area contributed by atoms with E-state index < -0.39 is 0 Å². The van der Waals surface area contributed by atoms with Gasteiger partial charge in [0.05, 0.1) is 7.11 Å². The molecule has 1 heterocycles. The van der Waals surface area contributed by atoms with Gasteiger partial charge >= 0.3 is 0 Å². The highest BCUT2D eigenvalue weighted by molar-refractivity contribution is 4.62. The van der Waals surface area contributed by atoms with Crippen molar-refractivity contribution < 1.29 is 4.84 Å². The number of nitrogens with zero attached hydrogens (tertiary/aromatic N) is 1. The zero-order valence-corrected chi connectivity index (χ0v) is 6.26. The minimum absolute atomic E-state index is 0.899. The van der Waals surface area contributed by atoms with Crippen LogP contribution in [-0.2, 0) is 4.84 Å². The maximum Gasteiger partial charge on any atom is 0.0575 e. The van der Waals surface area contributed by atoms with E-state index in [1.807, 2.05) is 5.06 Å². The van der Waals surface area contributed by atoms with Crippen molar-refractivity contribution in [2.24, 2.45) is 5.92 Å². The predicted octanol–water partition coefficient (Wildman–Crippen LogP) is 1.28. The highest BCUT2D eigenvalue weighted by Gasteiger charge is 2.14. The van der Waals surface area contributed by atoms with Gasteiger partial charge in [0, 0.05) is 13.1 Å². The van der Waals surface area contributed by atoms with Crippen molar-refractivity contribution >= 4 is 0 Å². The molecule has 0 saturated carbocycles. The number of rotatable bonds is 1. The highest BCUT2D eigenvalue weighted by atomic mass is 16.7. The van der Waals surface area contributed by atoms with Gasteiger partial charge in [-0.25, -0.2) is 0 Å². The number of piperidine rings is 1. The number of hydrogen-bond donors (Lipinski definition) is 0. The molecule has 1 rings (SSSR count). The van der Waals surface area contributed by atoms with E-state index in [9.17, 15) is 0 Å². The van der Waals surface area contributed by atoms with E-state index in [0.29, 0.717) is 0 Å². The van der Waals surface area contributed by atoms with Crippen molar-refractivity contribution in [1.82, 2.24) is 5.06 Å². The lowest BCUT2D eigenvalue weighted by Crippen LogP contribution is -2.31. The van der Waals surface area contributed by atoms with Gasteiger partial charge in [-0.3, -0.25) is 0 Å². The summed E-state index contributed by atoms with van der Waals surface area (Å²) in [6.45, 7) is 4.52. The molecule has 0 aromatic rings. The normalized spacial score (nSPS) is 24.7. The van der Waals surface area contributed by atoms with Crippen LogP contribution in [0.3, 0.4) is 0 Å². The molecule has 0 radical (unpaired) electrons. The van der Waals surface area contributed by atoms with Gasteiger partial charge in [-0.1, -0.05) is 6.92 Å². The SMILES string of the molecule is CON1CCC(C)CC1. The molecule has 1 aliphatic heterocycles. The number of hydroxylamine groups is 2. The van der Waals surface area contributed by atoms with Crippen LogP contribution in [0, 0.1) is 5.92 Å². The fraction of sp³-hybridized carbons (Fsp3) is 1.00. The van der Waals surface area contributed by atoms with Gasteiger partial charge in [-0.05, 0) is 18.8 Å². The molecule has 0 aromatic heterocycles. The molecule has 1 aliphatic rings. The summed E-state index contributed by atoms with van der Waals surface area (Å²) in [5.41, 5.74) is 0. The first-order valence-electron chi connectivity index (χ1n) is 3.62. The summed E-state index contributed by atoms with van der Waals surface area (Å²) in [6, 6.07) is 0. The summed E-state index contributed by atoms with van der Waals surface area (Å²) < 4.78 is 0. The van der Waals surface area contributed by atoms with E-state index in [0.717, 1.165) is 19.0 Å². The van der Waals surface area contributed by atoms with E-state index in [-0.39, 0.29) is 0 Å². The summed E-state index contributed by atoms with van der Waals surface area (Å²) >= 11 is 0. The molecule has 1 fully saturated rings. The molecule has 0 spiro atoms. The Bertz CT molecular complexity index is 77.0. The van der Waals surface area contributed by atoms with E-state index in [4.69, 9.17) is 4.84 Å². The van der Waals surface area contributed by atoms with Crippen LogP contribution in [0.15, 0.2) is 0 Å². The summed E-state index contributed by atoms with van der Waals surface area (Å²) in [6.07, 6.45) is 2.57. The lowest BCUT2D eigenvalue weighted by atomic mass is 10.0. The second kappa shape index (κ2) is 3.18. The third kappa shape index (κ3) is 1.95. The molecule has 1 saturated heterocycles. The quantitative estimate of drug-likeness (QED) is 0.529. The number of hydrogen-bond acceptors (Lipinski definition) is 2. The van der Waals surface area contributed by atoms with Gasteiger partial charge in [0.15, 0.2) is 0 Å². The summed E-state index contributed by atoms with van der Waals surface area (Å²) in [5.74, 6) is 0.899. The Hall–Kier alpha value is -0.0800. The largest absolute Gasteiger partial charge is 0.302 e. The third-order valence-electron chi connectivity index (χ3n) is 2.00. The molecule has 2 nitrogen and oxygen atoms in total. The molecule has 0 N–H and O–H groups in total. The van der Waals surface area contributed by atoms with Crippen LogP contribution >= 0.6 is 0 Å². The zero-order chi connectivity index (χ0) is 6.69. The van der Waals surface area contributed by atoms with Gasteiger partial charge in [0.1, 0.15) is 0 Å². The van der Waals surface area contributed by atoms with E-state index in [1.54, 1.807) is 7.11 Å². The molecular formula is C7H15NO. The van der Waals surface area contributed by atoms with Crippen LogP contribution in [0.25, 0.3) is 0 Å². The smallest absolute Gasteiger partial charge is 0.0575 e. The average molecular weight is 129 g/mol. The van der Waals surface area contributed by atoms with Gasteiger partial charge in [0.2, 0.25) is 0 Å². The third-order valence-corrected chi connectivity index (χ3v) is 2.00. The van der Waals surface area contributed by atoms with Crippen LogP contribution in [0.4, 0.5) is 0 Å².